The summed E-state index contributed by atoms with van der Waals surface area (Å²) < 4.78 is 0. The summed E-state index contributed by atoms with van der Waals surface area (Å²) >= 11 is 0. The van der Waals surface area contributed by atoms with E-state index in [1.807, 2.05) is 6.08 Å². The van der Waals surface area contributed by atoms with Crippen molar-refractivity contribution in [3.05, 3.63) is 18.2 Å². The minimum absolute atomic E-state index is 0.108. The molecule has 0 radical (unpaired) electrons. The van der Waals surface area contributed by atoms with Crippen LogP contribution in [0.1, 0.15) is 25.7 Å². The minimum Gasteiger partial charge on any atom is -0.361 e. The van der Waals surface area contributed by atoms with Gasteiger partial charge in [0.05, 0.1) is 0 Å². The molecule has 4 nitrogen and oxygen atoms in total. The summed E-state index contributed by atoms with van der Waals surface area (Å²) in [6.07, 6.45) is 6.53. The zero-order chi connectivity index (χ0) is 11.1. The predicted molar refractivity (Wildman–Crippen MR) is 58.7 cm³/mol. The number of carbonyl (C=O) groups is 1. The van der Waals surface area contributed by atoms with Crippen LogP contribution in [-0.2, 0) is 4.79 Å². The standard InChI is InChI=1S/C11H17N3O/c1-2-7-14-8-3-4-10(14)5-6-11(15)9-13-12/h2,9-10H,1,3-8H2/t10-/m0/s1. The lowest BCUT2D eigenvalue weighted by molar-refractivity contribution is -0.116. The molecule has 15 heavy (non-hydrogen) atoms. The van der Waals surface area contributed by atoms with Gasteiger partial charge in [-0.3, -0.25) is 9.69 Å². The smallest absolute Gasteiger partial charge is 0.323 e. The van der Waals surface area contributed by atoms with Gasteiger partial charge in [-0.1, -0.05) is 6.08 Å². The Morgan fingerprint density at radius 2 is 2.47 bits per heavy atom. The van der Waals surface area contributed by atoms with Gasteiger partial charge in [0.15, 0.2) is 0 Å². The quantitative estimate of drug-likeness (QED) is 0.285. The molecule has 1 rings (SSSR count). The molecule has 4 heteroatoms. The Morgan fingerprint density at radius 1 is 1.67 bits per heavy atom. The summed E-state index contributed by atoms with van der Waals surface area (Å²) in [6, 6.07) is 0.485. The van der Waals surface area contributed by atoms with E-state index in [1.54, 1.807) is 0 Å². The number of Topliss-reactive ketones (excluding diaryl/α,β-unsaturated/α-hetero) is 1. The van der Waals surface area contributed by atoms with Gasteiger partial charge < -0.3 is 5.53 Å². The summed E-state index contributed by atoms with van der Waals surface area (Å²) in [5, 5.41) is 0. The molecule has 0 amide bonds. The molecule has 0 aliphatic carbocycles. The molecule has 0 aromatic carbocycles. The number of likely N-dealkylation sites (tertiary alicyclic amines) is 1. The van der Waals surface area contributed by atoms with Crippen molar-refractivity contribution in [2.45, 2.75) is 31.7 Å². The van der Waals surface area contributed by atoms with E-state index in [4.69, 9.17) is 5.53 Å². The SMILES string of the molecule is C=CCN1CCC[C@H]1CCC(=O)C=[N+]=[N-]. The van der Waals surface area contributed by atoms with Gasteiger partial charge in [0.25, 0.3) is 0 Å². The molecule has 1 aliphatic rings. The van der Waals surface area contributed by atoms with Crippen molar-refractivity contribution in [3.63, 3.8) is 0 Å². The van der Waals surface area contributed by atoms with Crippen molar-refractivity contribution < 1.29 is 9.58 Å². The second-order valence-electron chi connectivity index (χ2n) is 3.83. The van der Waals surface area contributed by atoms with Gasteiger partial charge in [-0.15, -0.1) is 6.58 Å². The first-order valence-corrected chi connectivity index (χ1v) is 5.33. The number of rotatable bonds is 6. The summed E-state index contributed by atoms with van der Waals surface area (Å²) in [7, 11) is 0. The van der Waals surface area contributed by atoms with Crippen molar-refractivity contribution in [1.82, 2.24) is 4.90 Å². The van der Waals surface area contributed by atoms with Crippen LogP contribution in [0.2, 0.25) is 0 Å². The lowest BCUT2D eigenvalue weighted by Gasteiger charge is -2.21. The third-order valence-electron chi connectivity index (χ3n) is 2.79. The van der Waals surface area contributed by atoms with Crippen LogP contribution >= 0.6 is 0 Å². The predicted octanol–water partition coefficient (Wildman–Crippen LogP) is 1.29. The second kappa shape index (κ2) is 6.27. The normalized spacial score (nSPS) is 20.9. The van der Waals surface area contributed by atoms with Crippen molar-refractivity contribution in [2.24, 2.45) is 0 Å². The Morgan fingerprint density at radius 3 is 3.13 bits per heavy atom. The molecule has 0 spiro atoms. The number of hydrogen-bond donors (Lipinski definition) is 0. The van der Waals surface area contributed by atoms with E-state index in [0.717, 1.165) is 32.1 Å². The van der Waals surface area contributed by atoms with Gasteiger partial charge in [0.2, 0.25) is 5.78 Å². The van der Waals surface area contributed by atoms with Crippen LogP contribution in [0.3, 0.4) is 0 Å². The molecule has 82 valence electrons. The van der Waals surface area contributed by atoms with Crippen LogP contribution in [0.25, 0.3) is 5.53 Å². The van der Waals surface area contributed by atoms with Gasteiger partial charge in [0.1, 0.15) is 0 Å². The Hall–Kier alpha value is -1.25. The fraction of sp³-hybridized carbons (Fsp3) is 0.636. The van der Waals surface area contributed by atoms with Gasteiger partial charge in [-0.2, -0.15) is 4.79 Å². The maximum absolute atomic E-state index is 11.1. The Bertz CT molecular complexity index is 282. The van der Waals surface area contributed by atoms with E-state index < -0.39 is 0 Å². The largest absolute Gasteiger partial charge is 0.361 e. The molecule has 1 saturated heterocycles. The zero-order valence-corrected chi connectivity index (χ0v) is 8.93. The van der Waals surface area contributed by atoms with Crippen LogP contribution in [0.4, 0.5) is 0 Å². The topological polar surface area (TPSA) is 56.7 Å². The highest BCUT2D eigenvalue weighted by atomic mass is 16.1. The average Bonchev–Trinajstić information content (AvgIpc) is 2.64. The molecule has 0 saturated carbocycles. The maximum atomic E-state index is 11.1. The van der Waals surface area contributed by atoms with E-state index in [2.05, 4.69) is 16.3 Å². The third kappa shape index (κ3) is 3.78. The van der Waals surface area contributed by atoms with Crippen LogP contribution < -0.4 is 0 Å². The summed E-state index contributed by atoms with van der Waals surface area (Å²) in [5.41, 5.74) is 8.19. The monoisotopic (exact) mass is 207 g/mol. The first-order valence-electron chi connectivity index (χ1n) is 5.33. The molecule has 1 heterocycles. The van der Waals surface area contributed by atoms with E-state index >= 15 is 0 Å². The van der Waals surface area contributed by atoms with Gasteiger partial charge in [0, 0.05) is 19.0 Å². The first kappa shape index (κ1) is 11.8. The summed E-state index contributed by atoms with van der Waals surface area (Å²) in [5.74, 6) is -0.108. The number of nitrogens with zero attached hydrogens (tertiary/aromatic N) is 3. The van der Waals surface area contributed by atoms with Gasteiger partial charge in [-0.05, 0) is 25.8 Å². The minimum atomic E-state index is -0.108. The molecule has 0 N–H and O–H groups in total. The fourth-order valence-electron chi connectivity index (χ4n) is 2.07. The number of ketones is 1. The van der Waals surface area contributed by atoms with Crippen LogP contribution in [0, 0.1) is 0 Å². The first-order chi connectivity index (χ1) is 7.27. The third-order valence-corrected chi connectivity index (χ3v) is 2.79. The van der Waals surface area contributed by atoms with Crippen molar-refractivity contribution in [3.8, 4) is 0 Å². The second-order valence-corrected chi connectivity index (χ2v) is 3.83. The molecule has 0 aromatic rings. The molecule has 1 atom stereocenters. The average molecular weight is 207 g/mol. The highest BCUT2D eigenvalue weighted by molar-refractivity contribution is 6.25. The Balaban J connectivity index is 2.33. The number of hydrogen-bond acceptors (Lipinski definition) is 2. The highest BCUT2D eigenvalue weighted by Crippen LogP contribution is 2.20. The maximum Gasteiger partial charge on any atom is 0.323 e. The Kier molecular flexibility index (Phi) is 4.95. The molecule has 0 bridgehead atoms. The summed E-state index contributed by atoms with van der Waals surface area (Å²) in [4.78, 5) is 16.2. The molecular formula is C11H17N3O. The van der Waals surface area contributed by atoms with E-state index in [0.29, 0.717) is 12.5 Å². The van der Waals surface area contributed by atoms with Crippen LogP contribution in [-0.4, -0.2) is 40.8 Å². The highest BCUT2D eigenvalue weighted by Gasteiger charge is 2.23. The zero-order valence-electron chi connectivity index (χ0n) is 8.93. The molecule has 0 unspecified atom stereocenters. The Labute approximate surface area is 90.2 Å². The van der Waals surface area contributed by atoms with Crippen molar-refractivity contribution >= 4 is 12.0 Å². The molecular weight excluding hydrogens is 190 g/mol. The lowest BCUT2D eigenvalue weighted by atomic mass is 10.1. The lowest BCUT2D eigenvalue weighted by Crippen LogP contribution is -2.30. The van der Waals surface area contributed by atoms with Crippen molar-refractivity contribution in [2.75, 3.05) is 13.1 Å². The van der Waals surface area contributed by atoms with Crippen LogP contribution in [0.5, 0.6) is 0 Å². The summed E-state index contributed by atoms with van der Waals surface area (Å²) in [6.45, 7) is 5.71. The van der Waals surface area contributed by atoms with Crippen LogP contribution in [0.15, 0.2) is 12.7 Å². The molecule has 1 aliphatic heterocycles. The fourth-order valence-corrected chi connectivity index (χ4v) is 2.07. The molecule has 1 fully saturated rings. The van der Waals surface area contributed by atoms with E-state index in [-0.39, 0.29) is 5.78 Å². The number of carbonyl (C=O) groups excluding carboxylic acids is 1. The van der Waals surface area contributed by atoms with Crippen molar-refractivity contribution in [1.29, 1.82) is 0 Å². The molecule has 0 aromatic heterocycles. The van der Waals surface area contributed by atoms with E-state index in [1.165, 1.54) is 6.42 Å². The van der Waals surface area contributed by atoms with E-state index in [9.17, 15) is 4.79 Å². The van der Waals surface area contributed by atoms with Gasteiger partial charge in [-0.25, -0.2) is 0 Å². The van der Waals surface area contributed by atoms with Gasteiger partial charge >= 0.3 is 6.21 Å².